The normalized spacial score (nSPS) is 20.2. The van der Waals surface area contributed by atoms with Crippen LogP contribution in [0, 0.1) is 5.92 Å². The van der Waals surface area contributed by atoms with Crippen molar-refractivity contribution >= 4 is 17.5 Å². The minimum Gasteiger partial charge on any atom is -0.492 e. The van der Waals surface area contributed by atoms with Gasteiger partial charge in [0.25, 0.3) is 0 Å². The summed E-state index contributed by atoms with van der Waals surface area (Å²) in [5.41, 5.74) is 2.05. The lowest BCUT2D eigenvalue weighted by Gasteiger charge is -2.33. The number of pyridine rings is 1. The van der Waals surface area contributed by atoms with Gasteiger partial charge in [-0.2, -0.15) is 0 Å². The molecule has 1 atom stereocenters. The predicted octanol–water partition coefficient (Wildman–Crippen LogP) is 3.24. The molecule has 2 aliphatic heterocycles. The van der Waals surface area contributed by atoms with E-state index in [0.717, 1.165) is 31.6 Å². The first-order valence-electron chi connectivity index (χ1n) is 10.4. The number of hydrogen-bond acceptors (Lipinski definition) is 4. The van der Waals surface area contributed by atoms with Crippen molar-refractivity contribution < 1.29 is 14.3 Å². The second-order valence-electron chi connectivity index (χ2n) is 7.69. The zero-order chi connectivity index (χ0) is 20.2. The zero-order valence-electron chi connectivity index (χ0n) is 16.8. The quantitative estimate of drug-likeness (QED) is 0.782. The Morgan fingerprint density at radius 2 is 1.86 bits per heavy atom. The minimum atomic E-state index is -0.283. The predicted molar refractivity (Wildman–Crippen MR) is 111 cm³/mol. The number of ether oxygens (including phenoxy) is 1. The number of carbonyl (C=O) groups is 2. The third-order valence-corrected chi connectivity index (χ3v) is 5.91. The fraction of sp³-hybridized carbons (Fsp3) is 0.435. The van der Waals surface area contributed by atoms with Crippen molar-refractivity contribution in [2.45, 2.75) is 32.1 Å². The average molecular weight is 393 g/mol. The number of nitrogens with zero attached hydrogens (tertiary/aromatic N) is 3. The lowest BCUT2D eigenvalue weighted by atomic mass is 9.89. The van der Waals surface area contributed by atoms with Crippen LogP contribution in [0.1, 0.15) is 37.7 Å². The Morgan fingerprint density at radius 3 is 2.59 bits per heavy atom. The van der Waals surface area contributed by atoms with Crippen molar-refractivity contribution in [3.63, 3.8) is 0 Å². The number of anilines is 1. The van der Waals surface area contributed by atoms with Crippen LogP contribution in [0.4, 0.5) is 5.69 Å². The minimum absolute atomic E-state index is 0.0119. The summed E-state index contributed by atoms with van der Waals surface area (Å²) in [6, 6.07) is 11.7. The Morgan fingerprint density at radius 1 is 1.14 bits per heavy atom. The number of aromatic nitrogens is 1. The number of amides is 2. The summed E-state index contributed by atoms with van der Waals surface area (Å²) < 4.78 is 5.67. The molecular formula is C23H27N3O3. The monoisotopic (exact) mass is 393 g/mol. The van der Waals surface area contributed by atoms with E-state index >= 15 is 0 Å². The first kappa shape index (κ1) is 19.4. The molecule has 2 aliphatic rings. The van der Waals surface area contributed by atoms with Crippen molar-refractivity contribution in [3.8, 4) is 5.75 Å². The van der Waals surface area contributed by atoms with Crippen molar-refractivity contribution in [2.24, 2.45) is 5.92 Å². The first-order chi connectivity index (χ1) is 14.2. The Balaban J connectivity index is 1.39. The second-order valence-corrected chi connectivity index (χ2v) is 7.69. The van der Waals surface area contributed by atoms with Crippen LogP contribution >= 0.6 is 0 Å². The maximum Gasteiger partial charge on any atom is 0.228 e. The van der Waals surface area contributed by atoms with Crippen molar-refractivity contribution in [2.75, 3.05) is 31.1 Å². The van der Waals surface area contributed by atoms with E-state index in [0.29, 0.717) is 24.8 Å². The van der Waals surface area contributed by atoms with Crippen LogP contribution in [-0.2, 0) is 9.59 Å². The van der Waals surface area contributed by atoms with Gasteiger partial charge in [0.1, 0.15) is 5.75 Å². The maximum absolute atomic E-state index is 13.1. The fourth-order valence-corrected chi connectivity index (χ4v) is 4.39. The molecule has 152 valence electrons. The van der Waals surface area contributed by atoms with Gasteiger partial charge >= 0.3 is 0 Å². The van der Waals surface area contributed by atoms with E-state index in [4.69, 9.17) is 4.74 Å². The molecule has 0 saturated carbocycles. The molecule has 0 N–H and O–H groups in total. The Bertz CT molecular complexity index is 863. The maximum atomic E-state index is 13.1. The Kier molecular flexibility index (Phi) is 5.79. The Hall–Kier alpha value is -2.89. The highest BCUT2D eigenvalue weighted by molar-refractivity contribution is 6.01. The third-order valence-electron chi connectivity index (χ3n) is 5.91. The molecule has 2 aromatic rings. The van der Waals surface area contributed by atoms with Gasteiger partial charge in [0.15, 0.2) is 0 Å². The largest absolute Gasteiger partial charge is 0.492 e. The molecular weight excluding hydrogens is 366 g/mol. The summed E-state index contributed by atoms with van der Waals surface area (Å²) in [4.78, 5) is 33.5. The standard InChI is InChI=1S/C23H27N3O3/c1-2-29-21-6-4-3-5-20(21)26-16-19(15-22(26)27)23(28)25-13-9-18(10-14-25)17-7-11-24-12-8-17/h3-8,11-12,18-19H,2,9-10,13-16H2,1H3. The van der Waals surface area contributed by atoms with Crippen molar-refractivity contribution in [1.82, 2.24) is 9.88 Å². The van der Waals surface area contributed by atoms with Gasteiger partial charge in [-0.05, 0) is 55.5 Å². The molecule has 29 heavy (non-hydrogen) atoms. The molecule has 6 heteroatoms. The van der Waals surface area contributed by atoms with Crippen molar-refractivity contribution in [3.05, 3.63) is 54.4 Å². The summed E-state index contributed by atoms with van der Waals surface area (Å²) in [6.45, 7) is 4.36. The fourth-order valence-electron chi connectivity index (χ4n) is 4.39. The van der Waals surface area contributed by atoms with Gasteiger partial charge in [-0.1, -0.05) is 12.1 Å². The number of para-hydroxylation sites is 2. The van der Waals surface area contributed by atoms with Crippen LogP contribution in [0.2, 0.25) is 0 Å². The average Bonchev–Trinajstić information content (AvgIpc) is 3.16. The van der Waals surface area contributed by atoms with E-state index in [1.807, 2.05) is 48.5 Å². The number of hydrogen-bond donors (Lipinski definition) is 0. The molecule has 1 unspecified atom stereocenters. The highest BCUT2D eigenvalue weighted by atomic mass is 16.5. The van der Waals surface area contributed by atoms with Crippen LogP contribution in [0.25, 0.3) is 0 Å². The van der Waals surface area contributed by atoms with E-state index in [1.54, 1.807) is 4.90 Å². The summed E-state index contributed by atoms with van der Waals surface area (Å²) in [5, 5.41) is 0. The van der Waals surface area contributed by atoms with Crippen LogP contribution in [0.5, 0.6) is 5.75 Å². The van der Waals surface area contributed by atoms with Gasteiger partial charge < -0.3 is 14.5 Å². The molecule has 0 bridgehead atoms. The number of benzene rings is 1. The molecule has 1 aromatic carbocycles. The number of carbonyl (C=O) groups excluding carboxylic acids is 2. The molecule has 2 saturated heterocycles. The topological polar surface area (TPSA) is 62.7 Å². The Labute approximate surface area is 171 Å². The van der Waals surface area contributed by atoms with Gasteiger partial charge in [0.05, 0.1) is 18.2 Å². The zero-order valence-corrected chi connectivity index (χ0v) is 16.8. The second kappa shape index (κ2) is 8.64. The number of rotatable bonds is 5. The molecule has 3 heterocycles. The number of piperidine rings is 1. The van der Waals surface area contributed by atoms with Crippen molar-refractivity contribution in [1.29, 1.82) is 0 Å². The van der Waals surface area contributed by atoms with Gasteiger partial charge in [-0.3, -0.25) is 14.6 Å². The number of likely N-dealkylation sites (tertiary alicyclic amines) is 1. The van der Waals surface area contributed by atoms with E-state index < -0.39 is 0 Å². The van der Waals surface area contributed by atoms with E-state index in [1.165, 1.54) is 5.56 Å². The van der Waals surface area contributed by atoms with E-state index in [9.17, 15) is 9.59 Å². The summed E-state index contributed by atoms with van der Waals surface area (Å²) in [7, 11) is 0. The van der Waals surface area contributed by atoms with Crippen LogP contribution in [0.3, 0.4) is 0 Å². The molecule has 0 radical (unpaired) electrons. The molecule has 1 aromatic heterocycles. The highest BCUT2D eigenvalue weighted by Gasteiger charge is 2.39. The molecule has 4 rings (SSSR count). The summed E-state index contributed by atoms with van der Waals surface area (Å²) in [5.74, 6) is 0.969. The molecule has 2 amide bonds. The molecule has 6 nitrogen and oxygen atoms in total. The molecule has 0 spiro atoms. The summed E-state index contributed by atoms with van der Waals surface area (Å²) in [6.07, 6.45) is 5.82. The SMILES string of the molecule is CCOc1ccccc1N1CC(C(=O)N2CCC(c3ccncc3)CC2)CC1=O. The van der Waals surface area contributed by atoms with Crippen LogP contribution in [0.15, 0.2) is 48.8 Å². The molecule has 0 aliphatic carbocycles. The first-order valence-corrected chi connectivity index (χ1v) is 10.4. The lowest BCUT2D eigenvalue weighted by molar-refractivity contribution is -0.136. The van der Waals surface area contributed by atoms with Gasteiger partial charge in [-0.25, -0.2) is 0 Å². The third kappa shape index (κ3) is 4.11. The van der Waals surface area contributed by atoms with Gasteiger partial charge in [0.2, 0.25) is 11.8 Å². The van der Waals surface area contributed by atoms with Crippen LogP contribution < -0.4 is 9.64 Å². The van der Waals surface area contributed by atoms with E-state index in [2.05, 4.69) is 17.1 Å². The lowest BCUT2D eigenvalue weighted by Crippen LogP contribution is -2.42. The molecule has 2 fully saturated rings. The van der Waals surface area contributed by atoms with Gasteiger partial charge in [-0.15, -0.1) is 0 Å². The van der Waals surface area contributed by atoms with E-state index in [-0.39, 0.29) is 24.2 Å². The smallest absolute Gasteiger partial charge is 0.228 e. The van der Waals surface area contributed by atoms with Crippen LogP contribution in [-0.4, -0.2) is 47.9 Å². The highest BCUT2D eigenvalue weighted by Crippen LogP contribution is 2.34. The van der Waals surface area contributed by atoms with Gasteiger partial charge in [0, 0.05) is 38.4 Å². The summed E-state index contributed by atoms with van der Waals surface area (Å²) >= 11 is 0.